The number of imidazole rings is 1. The molecule has 0 N–H and O–H groups in total. The zero-order valence-electron chi connectivity index (χ0n) is 17.5. The van der Waals surface area contributed by atoms with Crippen molar-refractivity contribution >= 4 is 5.91 Å². The molecule has 29 heavy (non-hydrogen) atoms. The average Bonchev–Trinajstić information content (AvgIpc) is 3.13. The molecule has 4 heterocycles. The van der Waals surface area contributed by atoms with E-state index in [1.807, 2.05) is 24.7 Å². The second kappa shape index (κ2) is 7.24. The molecule has 3 fully saturated rings. The molecule has 2 aromatic heterocycles. The van der Waals surface area contributed by atoms with E-state index >= 15 is 0 Å². The first-order valence-electron chi connectivity index (χ1n) is 11.0. The van der Waals surface area contributed by atoms with E-state index in [0.717, 1.165) is 56.5 Å². The number of hydrogen-bond donors (Lipinski definition) is 0. The normalized spacial score (nSPS) is 27.6. The van der Waals surface area contributed by atoms with Crippen LogP contribution in [0.4, 0.5) is 0 Å². The van der Waals surface area contributed by atoms with Gasteiger partial charge in [-0.25, -0.2) is 4.98 Å². The summed E-state index contributed by atoms with van der Waals surface area (Å²) in [5.74, 6) is 1.25. The molecular formula is C23H31N5O. The van der Waals surface area contributed by atoms with E-state index in [1.54, 1.807) is 0 Å². The second-order valence-corrected chi connectivity index (χ2v) is 9.48. The SMILES string of the molecule is CC(C)n1cnc([C@@H]2CN(Cc3ccccn3)C[C@@]23CCN(CC2CC2)C3=O)c1. The summed E-state index contributed by atoms with van der Waals surface area (Å²) in [6.07, 6.45) is 9.45. The van der Waals surface area contributed by atoms with Crippen LogP contribution in [0.3, 0.4) is 0 Å². The van der Waals surface area contributed by atoms with Crippen LogP contribution in [0.5, 0.6) is 0 Å². The highest BCUT2D eigenvalue weighted by atomic mass is 16.2. The predicted octanol–water partition coefficient (Wildman–Crippen LogP) is 3.09. The third kappa shape index (κ3) is 3.48. The van der Waals surface area contributed by atoms with Gasteiger partial charge in [-0.2, -0.15) is 0 Å². The highest BCUT2D eigenvalue weighted by molar-refractivity contribution is 5.86. The third-order valence-electron chi connectivity index (χ3n) is 7.02. The van der Waals surface area contributed by atoms with Crippen LogP contribution >= 0.6 is 0 Å². The van der Waals surface area contributed by atoms with Gasteiger partial charge in [0.05, 0.1) is 23.1 Å². The molecule has 2 saturated heterocycles. The smallest absolute Gasteiger partial charge is 0.230 e. The van der Waals surface area contributed by atoms with Gasteiger partial charge < -0.3 is 9.47 Å². The van der Waals surface area contributed by atoms with Crippen LogP contribution in [0.25, 0.3) is 0 Å². The lowest BCUT2D eigenvalue weighted by Crippen LogP contribution is -2.40. The van der Waals surface area contributed by atoms with Gasteiger partial charge in [0.2, 0.25) is 5.91 Å². The molecule has 0 radical (unpaired) electrons. The van der Waals surface area contributed by atoms with Crippen LogP contribution in [-0.4, -0.2) is 56.4 Å². The van der Waals surface area contributed by atoms with Crippen molar-refractivity contribution in [3.05, 3.63) is 48.3 Å². The van der Waals surface area contributed by atoms with Crippen LogP contribution in [0.2, 0.25) is 0 Å². The summed E-state index contributed by atoms with van der Waals surface area (Å²) in [5.41, 5.74) is 1.81. The van der Waals surface area contributed by atoms with Gasteiger partial charge in [0.15, 0.2) is 0 Å². The lowest BCUT2D eigenvalue weighted by molar-refractivity contribution is -0.136. The van der Waals surface area contributed by atoms with Gasteiger partial charge in [-0.15, -0.1) is 0 Å². The van der Waals surface area contributed by atoms with Crippen molar-refractivity contribution in [2.75, 3.05) is 26.2 Å². The summed E-state index contributed by atoms with van der Waals surface area (Å²) in [6.45, 7) is 8.65. The zero-order chi connectivity index (χ0) is 20.0. The first-order chi connectivity index (χ1) is 14.0. The molecule has 0 bridgehead atoms. The van der Waals surface area contributed by atoms with Gasteiger partial charge in [-0.1, -0.05) is 6.07 Å². The number of aromatic nitrogens is 3. The van der Waals surface area contributed by atoms with Crippen molar-refractivity contribution < 1.29 is 4.79 Å². The summed E-state index contributed by atoms with van der Waals surface area (Å²) in [5, 5.41) is 0. The molecule has 2 atom stereocenters. The Labute approximate surface area is 172 Å². The average molecular weight is 394 g/mol. The van der Waals surface area contributed by atoms with Crippen LogP contribution in [-0.2, 0) is 11.3 Å². The molecule has 2 aliphatic heterocycles. The van der Waals surface area contributed by atoms with E-state index in [4.69, 9.17) is 4.98 Å². The molecule has 0 aromatic carbocycles. The van der Waals surface area contributed by atoms with Crippen LogP contribution in [0.15, 0.2) is 36.9 Å². The van der Waals surface area contributed by atoms with Gasteiger partial charge in [-0.3, -0.25) is 14.7 Å². The van der Waals surface area contributed by atoms with Crippen molar-refractivity contribution in [2.45, 2.75) is 51.6 Å². The molecule has 2 aromatic rings. The number of likely N-dealkylation sites (tertiary alicyclic amines) is 2. The molecule has 6 heteroatoms. The Hall–Kier alpha value is -2.21. The first-order valence-corrected chi connectivity index (χ1v) is 11.0. The number of carbonyl (C=O) groups is 1. The topological polar surface area (TPSA) is 54.3 Å². The largest absolute Gasteiger partial charge is 0.342 e. The van der Waals surface area contributed by atoms with Crippen LogP contribution in [0.1, 0.15) is 56.5 Å². The minimum Gasteiger partial charge on any atom is -0.342 e. The van der Waals surface area contributed by atoms with Gasteiger partial charge in [0.1, 0.15) is 0 Å². The van der Waals surface area contributed by atoms with E-state index in [-0.39, 0.29) is 11.3 Å². The first kappa shape index (κ1) is 18.8. The molecule has 1 spiro atoms. The fourth-order valence-electron chi connectivity index (χ4n) is 5.15. The Morgan fingerprint density at radius 2 is 2.10 bits per heavy atom. The zero-order valence-corrected chi connectivity index (χ0v) is 17.5. The molecule has 3 aliphatic rings. The lowest BCUT2D eigenvalue weighted by atomic mass is 9.75. The fourth-order valence-corrected chi connectivity index (χ4v) is 5.15. The Bertz CT molecular complexity index is 874. The summed E-state index contributed by atoms with van der Waals surface area (Å²) in [7, 11) is 0. The van der Waals surface area contributed by atoms with Crippen molar-refractivity contribution in [1.29, 1.82) is 0 Å². The number of rotatable bonds is 6. The third-order valence-corrected chi connectivity index (χ3v) is 7.02. The quantitative estimate of drug-likeness (QED) is 0.757. The second-order valence-electron chi connectivity index (χ2n) is 9.48. The summed E-state index contributed by atoms with van der Waals surface area (Å²) in [6, 6.07) is 6.44. The van der Waals surface area contributed by atoms with E-state index < -0.39 is 0 Å². The summed E-state index contributed by atoms with van der Waals surface area (Å²) >= 11 is 0. The summed E-state index contributed by atoms with van der Waals surface area (Å²) in [4.78, 5) is 27.5. The highest BCUT2D eigenvalue weighted by Crippen LogP contribution is 2.50. The van der Waals surface area contributed by atoms with Crippen molar-refractivity contribution in [3.8, 4) is 0 Å². The van der Waals surface area contributed by atoms with E-state index in [9.17, 15) is 4.79 Å². The molecule has 6 nitrogen and oxygen atoms in total. The van der Waals surface area contributed by atoms with Crippen molar-refractivity contribution in [1.82, 2.24) is 24.3 Å². The van der Waals surface area contributed by atoms with Crippen molar-refractivity contribution in [2.24, 2.45) is 11.3 Å². The molecule has 1 aliphatic carbocycles. The van der Waals surface area contributed by atoms with Gasteiger partial charge >= 0.3 is 0 Å². The Balaban J connectivity index is 1.43. The maximum atomic E-state index is 13.7. The number of hydrogen-bond acceptors (Lipinski definition) is 4. The maximum absolute atomic E-state index is 13.7. The number of amides is 1. The van der Waals surface area contributed by atoms with Crippen LogP contribution < -0.4 is 0 Å². The molecule has 1 amide bonds. The molecule has 1 saturated carbocycles. The molecular weight excluding hydrogens is 362 g/mol. The summed E-state index contributed by atoms with van der Waals surface area (Å²) < 4.78 is 2.16. The fraction of sp³-hybridized carbons (Fsp3) is 0.609. The Morgan fingerprint density at radius 1 is 1.24 bits per heavy atom. The molecule has 0 unspecified atom stereocenters. The molecule has 5 rings (SSSR count). The monoisotopic (exact) mass is 393 g/mol. The minimum absolute atomic E-state index is 0.155. The van der Waals surface area contributed by atoms with Gasteiger partial charge in [0.25, 0.3) is 0 Å². The van der Waals surface area contributed by atoms with Gasteiger partial charge in [0, 0.05) is 57.1 Å². The van der Waals surface area contributed by atoms with Crippen LogP contribution in [0, 0.1) is 11.3 Å². The standard InChI is InChI=1S/C23H31N5O/c1-17(2)28-14-21(25-16-28)20-13-26(12-19-5-3-4-9-24-19)15-23(20)8-10-27(22(23)29)11-18-6-7-18/h3-5,9,14,16-18,20H,6-8,10-13,15H2,1-2H3/t20-,23-/m0/s1. The lowest BCUT2D eigenvalue weighted by Gasteiger charge is -2.28. The number of pyridine rings is 1. The predicted molar refractivity (Wildman–Crippen MR) is 111 cm³/mol. The van der Waals surface area contributed by atoms with E-state index in [1.165, 1.54) is 12.8 Å². The number of nitrogens with zero attached hydrogens (tertiary/aromatic N) is 5. The van der Waals surface area contributed by atoms with Crippen molar-refractivity contribution in [3.63, 3.8) is 0 Å². The Kier molecular flexibility index (Phi) is 4.69. The number of carbonyl (C=O) groups excluding carboxylic acids is 1. The molecule has 154 valence electrons. The minimum atomic E-state index is -0.333. The van der Waals surface area contributed by atoms with Gasteiger partial charge in [-0.05, 0) is 51.2 Å². The highest BCUT2D eigenvalue weighted by Gasteiger charge is 2.58. The van der Waals surface area contributed by atoms with E-state index in [2.05, 4.69) is 45.5 Å². The maximum Gasteiger partial charge on any atom is 0.230 e. The van der Waals surface area contributed by atoms with E-state index in [0.29, 0.717) is 11.9 Å². The Morgan fingerprint density at radius 3 is 2.79 bits per heavy atom.